The molecule has 21 heavy (non-hydrogen) atoms. The molecule has 0 saturated carbocycles. The van der Waals surface area contributed by atoms with Gasteiger partial charge < -0.3 is 19.6 Å². The van der Waals surface area contributed by atoms with Gasteiger partial charge in [0.2, 0.25) is 0 Å². The maximum atomic E-state index is 12.2. The third kappa shape index (κ3) is 5.55. The third-order valence-corrected chi connectivity index (χ3v) is 2.67. The van der Waals surface area contributed by atoms with Gasteiger partial charge in [-0.2, -0.15) is 8.78 Å². The molecule has 0 radical (unpaired) electrons. The maximum absolute atomic E-state index is 12.2. The minimum Gasteiger partial charge on any atom is -0.435 e. The van der Waals surface area contributed by atoms with E-state index in [-0.39, 0.29) is 12.3 Å². The molecule has 5 nitrogen and oxygen atoms in total. The van der Waals surface area contributed by atoms with E-state index in [1.54, 1.807) is 12.1 Å². The molecule has 0 aliphatic rings. The van der Waals surface area contributed by atoms with Gasteiger partial charge in [-0.05, 0) is 17.7 Å². The first-order valence-corrected chi connectivity index (χ1v) is 6.43. The van der Waals surface area contributed by atoms with Crippen molar-refractivity contribution in [2.75, 3.05) is 34.7 Å². The molecule has 0 bridgehead atoms. The number of halogens is 2. The summed E-state index contributed by atoms with van der Waals surface area (Å²) in [6, 6.07) is 6.00. The van der Waals surface area contributed by atoms with Crippen LogP contribution in [0.25, 0.3) is 0 Å². The Morgan fingerprint density at radius 1 is 1.24 bits per heavy atom. The van der Waals surface area contributed by atoms with Gasteiger partial charge in [0.15, 0.2) is 5.96 Å². The fraction of sp³-hybridized carbons (Fsp3) is 0.500. The zero-order valence-corrected chi connectivity index (χ0v) is 12.6. The molecule has 1 aromatic carbocycles. The van der Waals surface area contributed by atoms with Crippen molar-refractivity contribution in [3.05, 3.63) is 29.8 Å². The molecule has 1 unspecified atom stereocenters. The van der Waals surface area contributed by atoms with Gasteiger partial charge in [-0.1, -0.05) is 12.1 Å². The molecule has 0 aliphatic heterocycles. The lowest BCUT2D eigenvalue weighted by Gasteiger charge is -2.23. The first kappa shape index (κ1) is 17.2. The lowest BCUT2D eigenvalue weighted by atomic mass is 10.1. The lowest BCUT2D eigenvalue weighted by molar-refractivity contribution is -0.0499. The van der Waals surface area contributed by atoms with Gasteiger partial charge in [-0.3, -0.25) is 0 Å². The molecule has 0 fully saturated rings. The van der Waals surface area contributed by atoms with E-state index in [0.29, 0.717) is 11.5 Å². The van der Waals surface area contributed by atoms with Crippen LogP contribution >= 0.6 is 0 Å². The number of nitrogens with zero attached hydrogens (tertiary/aromatic N) is 3. The summed E-state index contributed by atoms with van der Waals surface area (Å²) < 4.78 is 28.6. The highest BCUT2D eigenvalue weighted by Crippen LogP contribution is 2.21. The number of hydrogen-bond acceptors (Lipinski definition) is 3. The Bertz CT molecular complexity index is 469. The van der Waals surface area contributed by atoms with E-state index >= 15 is 0 Å². The van der Waals surface area contributed by atoms with Crippen LogP contribution in [0.4, 0.5) is 8.78 Å². The summed E-state index contributed by atoms with van der Waals surface area (Å²) in [7, 11) is 7.40. The highest BCUT2D eigenvalue weighted by molar-refractivity contribution is 5.79. The quantitative estimate of drug-likeness (QED) is 0.665. The van der Waals surface area contributed by atoms with Crippen molar-refractivity contribution in [1.82, 2.24) is 9.80 Å². The highest BCUT2D eigenvalue weighted by Gasteiger charge is 2.12. The number of benzene rings is 1. The molecule has 1 aromatic rings. The van der Waals surface area contributed by atoms with Crippen LogP contribution in [0, 0.1) is 0 Å². The second-order valence-corrected chi connectivity index (χ2v) is 4.90. The van der Waals surface area contributed by atoms with Crippen LogP contribution in [0.2, 0.25) is 0 Å². The van der Waals surface area contributed by atoms with E-state index in [2.05, 4.69) is 9.73 Å². The van der Waals surface area contributed by atoms with Crippen molar-refractivity contribution < 1.29 is 18.6 Å². The number of aliphatic imine (C=N–C) groups is 1. The fourth-order valence-electron chi connectivity index (χ4n) is 1.85. The largest absolute Gasteiger partial charge is 0.435 e. The smallest absolute Gasteiger partial charge is 0.387 e. The maximum Gasteiger partial charge on any atom is 0.387 e. The summed E-state index contributed by atoms with van der Waals surface area (Å²) in [5.74, 6) is 0.722. The summed E-state index contributed by atoms with van der Waals surface area (Å²) >= 11 is 0. The van der Waals surface area contributed by atoms with E-state index in [1.807, 2.05) is 38.0 Å². The monoisotopic (exact) mass is 301 g/mol. The Labute approximate surface area is 123 Å². The second-order valence-electron chi connectivity index (χ2n) is 4.90. The van der Waals surface area contributed by atoms with Crippen LogP contribution in [0.1, 0.15) is 11.7 Å². The lowest BCUT2D eigenvalue weighted by Crippen LogP contribution is -2.35. The molecule has 0 spiro atoms. The van der Waals surface area contributed by atoms with Gasteiger partial charge in [-0.15, -0.1) is 0 Å². The van der Waals surface area contributed by atoms with E-state index in [0.717, 1.165) is 0 Å². The van der Waals surface area contributed by atoms with Gasteiger partial charge in [0.1, 0.15) is 5.75 Å². The predicted octanol–water partition coefficient (Wildman–Crippen LogP) is 1.80. The van der Waals surface area contributed by atoms with Crippen molar-refractivity contribution >= 4 is 5.96 Å². The Morgan fingerprint density at radius 2 is 1.86 bits per heavy atom. The molecule has 118 valence electrons. The van der Waals surface area contributed by atoms with Crippen LogP contribution in [0.3, 0.4) is 0 Å². The summed E-state index contributed by atoms with van der Waals surface area (Å²) in [5, 5.41) is 10.1. The van der Waals surface area contributed by atoms with E-state index in [9.17, 15) is 13.9 Å². The van der Waals surface area contributed by atoms with Crippen LogP contribution in [-0.4, -0.2) is 62.2 Å². The van der Waals surface area contributed by atoms with Crippen molar-refractivity contribution in [2.45, 2.75) is 12.7 Å². The average Bonchev–Trinajstić information content (AvgIpc) is 2.37. The van der Waals surface area contributed by atoms with E-state index in [1.165, 1.54) is 12.1 Å². The summed E-state index contributed by atoms with van der Waals surface area (Å²) in [6.45, 7) is -2.76. The molecule has 1 rings (SSSR count). The van der Waals surface area contributed by atoms with Gasteiger partial charge in [0, 0.05) is 28.2 Å². The predicted molar refractivity (Wildman–Crippen MR) is 77.7 cm³/mol. The molecular formula is C14H21F2N3O2. The molecule has 7 heteroatoms. The topological polar surface area (TPSA) is 48.3 Å². The van der Waals surface area contributed by atoms with E-state index < -0.39 is 12.7 Å². The zero-order chi connectivity index (χ0) is 16.0. The SMILES string of the molecule is CN(C)C(=NCC(O)c1cccc(OC(F)F)c1)N(C)C. The first-order valence-electron chi connectivity index (χ1n) is 6.43. The molecule has 0 amide bonds. The number of aliphatic hydroxyl groups is 1. The van der Waals surface area contributed by atoms with Gasteiger partial charge in [0.05, 0.1) is 12.6 Å². The Hall–Kier alpha value is -1.89. The van der Waals surface area contributed by atoms with Crippen LogP contribution < -0.4 is 4.74 Å². The number of guanidine groups is 1. The Morgan fingerprint density at radius 3 is 2.38 bits per heavy atom. The number of hydrogen-bond donors (Lipinski definition) is 1. The highest BCUT2D eigenvalue weighted by atomic mass is 19.3. The van der Waals surface area contributed by atoms with Crippen LogP contribution in [0.5, 0.6) is 5.75 Å². The third-order valence-electron chi connectivity index (χ3n) is 2.67. The van der Waals surface area contributed by atoms with Gasteiger partial charge in [0.25, 0.3) is 0 Å². The summed E-state index contributed by atoms with van der Waals surface area (Å²) in [4.78, 5) is 7.96. The molecule has 0 aliphatic carbocycles. The number of rotatable bonds is 5. The van der Waals surface area contributed by atoms with Crippen molar-refractivity contribution in [1.29, 1.82) is 0 Å². The average molecular weight is 301 g/mol. The number of ether oxygens (including phenoxy) is 1. The molecule has 1 atom stereocenters. The van der Waals surface area contributed by atoms with Gasteiger partial charge >= 0.3 is 6.61 Å². The van der Waals surface area contributed by atoms with E-state index in [4.69, 9.17) is 0 Å². The Kier molecular flexibility index (Phi) is 6.36. The summed E-state index contributed by atoms with van der Waals surface area (Å²) in [5.41, 5.74) is 0.480. The van der Waals surface area contributed by atoms with Crippen molar-refractivity contribution in [3.8, 4) is 5.75 Å². The molecule has 1 N–H and O–H groups in total. The minimum absolute atomic E-state index is 0.0194. The minimum atomic E-state index is -2.88. The zero-order valence-electron chi connectivity index (χ0n) is 12.6. The standard InChI is InChI=1S/C14H21F2N3O2/c1-18(2)14(19(3)4)17-9-12(20)10-6-5-7-11(8-10)21-13(15)16/h5-8,12-13,20H,9H2,1-4H3. The molecule has 0 heterocycles. The molecular weight excluding hydrogens is 280 g/mol. The van der Waals surface area contributed by atoms with Crippen LogP contribution in [0.15, 0.2) is 29.3 Å². The second kappa shape index (κ2) is 7.78. The number of alkyl halides is 2. The molecule has 0 aromatic heterocycles. The summed E-state index contributed by atoms with van der Waals surface area (Å²) in [6.07, 6.45) is -0.888. The molecule has 0 saturated heterocycles. The fourth-order valence-corrected chi connectivity index (χ4v) is 1.85. The Balaban J connectivity index is 2.79. The first-order chi connectivity index (χ1) is 9.81. The number of aliphatic hydroxyl groups excluding tert-OH is 1. The van der Waals surface area contributed by atoms with Crippen molar-refractivity contribution in [2.24, 2.45) is 4.99 Å². The van der Waals surface area contributed by atoms with Crippen LogP contribution in [-0.2, 0) is 0 Å². The van der Waals surface area contributed by atoms with Gasteiger partial charge in [-0.25, -0.2) is 4.99 Å². The van der Waals surface area contributed by atoms with Crippen molar-refractivity contribution in [3.63, 3.8) is 0 Å². The normalized spacial score (nSPS) is 12.0.